The van der Waals surface area contributed by atoms with Crippen molar-refractivity contribution in [3.63, 3.8) is 0 Å². The quantitative estimate of drug-likeness (QED) is 0.890. The molecule has 18 heavy (non-hydrogen) atoms. The summed E-state index contributed by atoms with van der Waals surface area (Å²) in [6.07, 6.45) is 5.42. The number of nitrogens with zero attached hydrogens (tertiary/aromatic N) is 1. The molecule has 2 nitrogen and oxygen atoms in total. The first-order valence-electron chi connectivity index (χ1n) is 7.13. The normalized spacial score (nSPS) is 25.3. The fourth-order valence-corrected chi connectivity index (χ4v) is 3.35. The summed E-state index contributed by atoms with van der Waals surface area (Å²) in [4.78, 5) is 4.74. The molecular formula is C15H26N2S. The van der Waals surface area contributed by atoms with Crippen LogP contribution in [0.2, 0.25) is 0 Å². The molecule has 1 fully saturated rings. The molecule has 1 aliphatic carbocycles. The van der Waals surface area contributed by atoms with Crippen molar-refractivity contribution in [1.29, 1.82) is 0 Å². The van der Waals surface area contributed by atoms with Crippen molar-refractivity contribution in [2.45, 2.75) is 71.4 Å². The summed E-state index contributed by atoms with van der Waals surface area (Å²) < 4.78 is 0. The molecule has 0 bridgehead atoms. The number of thiazole rings is 1. The number of hydrogen-bond donors (Lipinski definition) is 1. The first-order valence-corrected chi connectivity index (χ1v) is 8.01. The number of rotatable bonds is 3. The van der Waals surface area contributed by atoms with Crippen LogP contribution >= 0.6 is 11.3 Å². The van der Waals surface area contributed by atoms with Crippen molar-refractivity contribution in [2.24, 2.45) is 5.92 Å². The van der Waals surface area contributed by atoms with Crippen molar-refractivity contribution in [1.82, 2.24) is 10.3 Å². The Morgan fingerprint density at radius 2 is 1.94 bits per heavy atom. The molecule has 0 radical (unpaired) electrons. The molecule has 0 spiro atoms. The highest BCUT2D eigenvalue weighted by Crippen LogP contribution is 2.26. The van der Waals surface area contributed by atoms with E-state index in [4.69, 9.17) is 4.98 Å². The van der Waals surface area contributed by atoms with E-state index in [9.17, 15) is 0 Å². The Hall–Kier alpha value is -0.410. The molecule has 1 heterocycles. The maximum atomic E-state index is 4.74. The van der Waals surface area contributed by atoms with Crippen molar-refractivity contribution in [2.75, 3.05) is 0 Å². The lowest BCUT2D eigenvalue weighted by Crippen LogP contribution is -2.32. The van der Waals surface area contributed by atoms with E-state index in [-0.39, 0.29) is 5.41 Å². The lowest BCUT2D eigenvalue weighted by molar-refractivity contribution is 0.306. The minimum atomic E-state index is 0.184. The smallest absolute Gasteiger partial charge is 0.0982 e. The van der Waals surface area contributed by atoms with E-state index in [1.807, 2.05) is 0 Å². The van der Waals surface area contributed by atoms with Crippen molar-refractivity contribution < 1.29 is 0 Å². The van der Waals surface area contributed by atoms with Crippen LogP contribution in [0.3, 0.4) is 0 Å². The molecule has 2 rings (SSSR count). The SMILES string of the molecule is CC1CCC(NCc2csc(C(C)(C)C)n2)CC1. The van der Waals surface area contributed by atoms with Gasteiger partial charge in [0.2, 0.25) is 0 Å². The Kier molecular flexibility index (Phi) is 4.44. The average molecular weight is 266 g/mol. The third-order valence-corrected chi connectivity index (χ3v) is 5.10. The molecule has 0 aromatic carbocycles. The summed E-state index contributed by atoms with van der Waals surface area (Å²) in [5, 5.41) is 7.12. The molecule has 1 aliphatic rings. The Balaban J connectivity index is 1.82. The van der Waals surface area contributed by atoms with Crippen LogP contribution in [0.25, 0.3) is 0 Å². The van der Waals surface area contributed by atoms with Crippen LogP contribution in [0.15, 0.2) is 5.38 Å². The minimum Gasteiger partial charge on any atom is -0.308 e. The van der Waals surface area contributed by atoms with E-state index >= 15 is 0 Å². The van der Waals surface area contributed by atoms with Gasteiger partial charge in [-0.15, -0.1) is 11.3 Å². The monoisotopic (exact) mass is 266 g/mol. The van der Waals surface area contributed by atoms with Gasteiger partial charge in [-0.05, 0) is 31.6 Å². The summed E-state index contributed by atoms with van der Waals surface area (Å²) in [5.74, 6) is 0.926. The zero-order valence-electron chi connectivity index (χ0n) is 12.1. The fourth-order valence-electron chi connectivity index (χ4n) is 2.45. The number of aromatic nitrogens is 1. The highest BCUT2D eigenvalue weighted by molar-refractivity contribution is 7.09. The molecule has 0 unspecified atom stereocenters. The molecule has 0 amide bonds. The van der Waals surface area contributed by atoms with Gasteiger partial charge in [-0.25, -0.2) is 4.98 Å². The second-order valence-electron chi connectivity index (χ2n) is 6.73. The predicted molar refractivity (Wildman–Crippen MR) is 79.1 cm³/mol. The lowest BCUT2D eigenvalue weighted by Gasteiger charge is -2.26. The second-order valence-corrected chi connectivity index (χ2v) is 7.59. The fraction of sp³-hybridized carbons (Fsp3) is 0.800. The molecule has 0 atom stereocenters. The average Bonchev–Trinajstić information content (AvgIpc) is 2.77. The topological polar surface area (TPSA) is 24.9 Å². The minimum absolute atomic E-state index is 0.184. The van der Waals surface area contributed by atoms with Gasteiger partial charge in [0.15, 0.2) is 0 Å². The first-order chi connectivity index (χ1) is 8.45. The van der Waals surface area contributed by atoms with Crippen molar-refractivity contribution in [3.8, 4) is 0 Å². The van der Waals surface area contributed by atoms with Crippen LogP contribution in [0.4, 0.5) is 0 Å². The van der Waals surface area contributed by atoms with E-state index in [0.717, 1.165) is 12.5 Å². The Morgan fingerprint density at radius 1 is 1.28 bits per heavy atom. The molecule has 0 saturated heterocycles. The first kappa shape index (κ1) is 14.0. The summed E-state index contributed by atoms with van der Waals surface area (Å²) in [7, 11) is 0. The van der Waals surface area contributed by atoms with E-state index in [0.29, 0.717) is 6.04 Å². The van der Waals surface area contributed by atoms with Crippen LogP contribution in [-0.2, 0) is 12.0 Å². The highest BCUT2D eigenvalue weighted by Gasteiger charge is 2.20. The molecule has 1 saturated carbocycles. The van der Waals surface area contributed by atoms with Crippen LogP contribution < -0.4 is 5.32 Å². The van der Waals surface area contributed by atoms with Crippen LogP contribution in [0.5, 0.6) is 0 Å². The Bertz CT molecular complexity index is 370. The van der Waals surface area contributed by atoms with Crippen LogP contribution in [0.1, 0.15) is 64.1 Å². The maximum absolute atomic E-state index is 4.74. The number of hydrogen-bond acceptors (Lipinski definition) is 3. The van der Waals surface area contributed by atoms with Crippen molar-refractivity contribution in [3.05, 3.63) is 16.1 Å². The Morgan fingerprint density at radius 3 is 2.50 bits per heavy atom. The van der Waals surface area contributed by atoms with Gasteiger partial charge in [-0.1, -0.05) is 27.7 Å². The highest BCUT2D eigenvalue weighted by atomic mass is 32.1. The molecule has 0 aliphatic heterocycles. The standard InChI is InChI=1S/C15H26N2S/c1-11-5-7-12(8-6-11)16-9-13-10-18-14(17-13)15(2,3)4/h10-12,16H,5-9H2,1-4H3. The molecular weight excluding hydrogens is 240 g/mol. The van der Waals surface area contributed by atoms with Gasteiger partial charge in [0, 0.05) is 23.4 Å². The molecule has 1 aromatic rings. The van der Waals surface area contributed by atoms with Gasteiger partial charge in [-0.2, -0.15) is 0 Å². The predicted octanol–water partition coefficient (Wildman–Crippen LogP) is 4.11. The molecule has 1 aromatic heterocycles. The molecule has 102 valence electrons. The zero-order valence-corrected chi connectivity index (χ0v) is 12.9. The zero-order chi connectivity index (χ0) is 13.2. The van der Waals surface area contributed by atoms with Crippen LogP contribution in [-0.4, -0.2) is 11.0 Å². The van der Waals surface area contributed by atoms with E-state index in [1.54, 1.807) is 11.3 Å². The van der Waals surface area contributed by atoms with Gasteiger partial charge in [-0.3, -0.25) is 0 Å². The van der Waals surface area contributed by atoms with E-state index in [1.165, 1.54) is 36.4 Å². The third kappa shape index (κ3) is 3.79. The summed E-state index contributed by atoms with van der Waals surface area (Å²) >= 11 is 1.79. The van der Waals surface area contributed by atoms with E-state index in [2.05, 4.69) is 38.4 Å². The molecule has 1 N–H and O–H groups in total. The van der Waals surface area contributed by atoms with Crippen molar-refractivity contribution >= 4 is 11.3 Å². The summed E-state index contributed by atoms with van der Waals surface area (Å²) in [6, 6.07) is 0.709. The lowest BCUT2D eigenvalue weighted by atomic mass is 9.87. The summed E-state index contributed by atoms with van der Waals surface area (Å²) in [5.41, 5.74) is 1.40. The third-order valence-electron chi connectivity index (χ3n) is 3.78. The van der Waals surface area contributed by atoms with Gasteiger partial charge in [0.05, 0.1) is 10.7 Å². The van der Waals surface area contributed by atoms with Gasteiger partial charge >= 0.3 is 0 Å². The van der Waals surface area contributed by atoms with E-state index < -0.39 is 0 Å². The Labute approximate surface area is 115 Å². The summed E-state index contributed by atoms with van der Waals surface area (Å²) in [6.45, 7) is 9.99. The maximum Gasteiger partial charge on any atom is 0.0982 e. The van der Waals surface area contributed by atoms with Gasteiger partial charge < -0.3 is 5.32 Å². The number of nitrogens with one attached hydrogen (secondary N) is 1. The molecule has 3 heteroatoms. The van der Waals surface area contributed by atoms with Gasteiger partial charge in [0.1, 0.15) is 0 Å². The largest absolute Gasteiger partial charge is 0.308 e. The van der Waals surface area contributed by atoms with Gasteiger partial charge in [0.25, 0.3) is 0 Å². The van der Waals surface area contributed by atoms with Crippen LogP contribution in [0, 0.1) is 5.92 Å². The second kappa shape index (κ2) is 5.70.